The van der Waals surface area contributed by atoms with Gasteiger partial charge in [0.2, 0.25) is 16.0 Å². The summed E-state index contributed by atoms with van der Waals surface area (Å²) in [5.41, 5.74) is 0.528. The van der Waals surface area contributed by atoms with Crippen molar-refractivity contribution in [3.05, 3.63) is 40.7 Å². The maximum Gasteiger partial charge on any atom is 0.240 e. The van der Waals surface area contributed by atoms with Gasteiger partial charge < -0.3 is 14.2 Å². The molecule has 2 unspecified atom stereocenters. The number of pyridine rings is 1. The number of hydrogen-bond acceptors (Lipinski definition) is 10. The van der Waals surface area contributed by atoms with Crippen molar-refractivity contribution in [1.82, 2.24) is 29.7 Å². The molecule has 0 spiro atoms. The fraction of sp³-hybridized carbons (Fsp3) is 0.500. The molecule has 0 aliphatic carbocycles. The van der Waals surface area contributed by atoms with Crippen molar-refractivity contribution >= 4 is 39.2 Å². The summed E-state index contributed by atoms with van der Waals surface area (Å²) in [7, 11) is -4.09. The molecule has 3 atom stereocenters. The molecule has 1 aliphatic heterocycles. The molecule has 0 saturated carbocycles. The van der Waals surface area contributed by atoms with Crippen molar-refractivity contribution in [2.24, 2.45) is 0 Å². The number of nitrogens with zero attached hydrogens (tertiary/aromatic N) is 6. The van der Waals surface area contributed by atoms with Crippen LogP contribution in [-0.2, 0) is 19.5 Å². The van der Waals surface area contributed by atoms with Crippen molar-refractivity contribution in [2.45, 2.75) is 51.2 Å². The third kappa shape index (κ3) is 5.96. The minimum absolute atomic E-state index is 0.00346. The van der Waals surface area contributed by atoms with Gasteiger partial charge in [-0.1, -0.05) is 23.2 Å². The summed E-state index contributed by atoms with van der Waals surface area (Å²) in [5, 5.41) is 7.79. The average Bonchev–Trinajstić information content (AvgIpc) is 3.17. The van der Waals surface area contributed by atoms with Crippen LogP contribution in [0.1, 0.15) is 45.7 Å². The average molecular weight is 572 g/mol. The molecule has 0 aromatic carbocycles. The van der Waals surface area contributed by atoms with Crippen molar-refractivity contribution in [3.63, 3.8) is 0 Å². The molecule has 0 bridgehead atoms. The minimum Gasteiger partial charge on any atom is -0.487 e. The molecule has 4 rings (SSSR count). The number of aromatic nitrogens is 6. The lowest BCUT2D eigenvalue weighted by Crippen LogP contribution is -2.35. The predicted octanol–water partition coefficient (Wildman–Crippen LogP) is 3.70. The lowest BCUT2D eigenvalue weighted by Gasteiger charge is -2.26. The molecule has 3 aromatic rings. The molecule has 200 valence electrons. The number of sulfonamides is 1. The molecule has 0 amide bonds. The molecule has 1 aliphatic rings. The summed E-state index contributed by atoms with van der Waals surface area (Å²) < 4.78 is 48.9. The first-order chi connectivity index (χ1) is 17.6. The predicted molar refractivity (Wildman–Crippen MR) is 137 cm³/mol. The zero-order valence-corrected chi connectivity index (χ0v) is 23.0. The highest BCUT2D eigenvalue weighted by Crippen LogP contribution is 2.39. The Labute approximate surface area is 224 Å². The van der Waals surface area contributed by atoms with Crippen molar-refractivity contribution < 1.29 is 22.6 Å². The molecule has 0 saturated heterocycles. The standard InChI is InChI=1S/C22H27Cl2N7O5S/c1-5-34-10-15-11-35-18-16(6-7-25-19(18)24)21-28-29-22(31(15)21)30-37(32,33)13(4)17(36-12(2)3)20-26-8-14(23)9-27-20/h6-9,12-13,15,17H,5,10-11H2,1-4H3,(H,29,30)/t13?,15-,17?/m1/s1. The Morgan fingerprint density at radius 1 is 1.19 bits per heavy atom. The van der Waals surface area contributed by atoms with Crippen LogP contribution in [-0.4, -0.2) is 69.3 Å². The first-order valence-corrected chi connectivity index (χ1v) is 13.9. The smallest absolute Gasteiger partial charge is 0.240 e. The van der Waals surface area contributed by atoms with Crippen LogP contribution in [0.4, 0.5) is 5.95 Å². The molecule has 37 heavy (non-hydrogen) atoms. The van der Waals surface area contributed by atoms with E-state index in [1.54, 1.807) is 24.5 Å². The third-order valence-corrected chi connectivity index (χ3v) is 7.72. The molecule has 12 nitrogen and oxygen atoms in total. The van der Waals surface area contributed by atoms with Crippen LogP contribution in [0.2, 0.25) is 10.2 Å². The van der Waals surface area contributed by atoms with Gasteiger partial charge in [-0.25, -0.2) is 23.4 Å². The van der Waals surface area contributed by atoms with Crippen molar-refractivity contribution in [2.75, 3.05) is 24.5 Å². The second-order valence-electron chi connectivity index (χ2n) is 8.54. The number of nitrogens with one attached hydrogen (secondary N) is 1. The zero-order chi connectivity index (χ0) is 26.7. The third-order valence-electron chi connectivity index (χ3n) is 5.56. The SMILES string of the molecule is CCOC[C@@H]1COc2c(ccnc2Cl)-c2nnc(NS(=O)(=O)C(C)C(OC(C)C)c3ncc(Cl)cn3)n21. The number of hydrogen-bond donors (Lipinski definition) is 1. The van der Waals surface area contributed by atoms with E-state index >= 15 is 0 Å². The van der Waals surface area contributed by atoms with Crippen LogP contribution in [0.3, 0.4) is 0 Å². The molecule has 0 radical (unpaired) electrons. The lowest BCUT2D eigenvalue weighted by atomic mass is 10.2. The van der Waals surface area contributed by atoms with Crippen molar-refractivity contribution in [3.8, 4) is 17.1 Å². The zero-order valence-electron chi connectivity index (χ0n) is 20.6. The van der Waals surface area contributed by atoms with Crippen LogP contribution in [0.5, 0.6) is 5.75 Å². The number of anilines is 1. The second-order valence-corrected chi connectivity index (χ2v) is 11.4. The first-order valence-electron chi connectivity index (χ1n) is 11.6. The van der Waals surface area contributed by atoms with E-state index in [1.165, 1.54) is 25.5 Å². The van der Waals surface area contributed by atoms with Crippen LogP contribution >= 0.6 is 23.2 Å². The van der Waals surface area contributed by atoms with E-state index in [0.717, 1.165) is 0 Å². The first kappa shape index (κ1) is 27.5. The van der Waals surface area contributed by atoms with Gasteiger partial charge in [-0.15, -0.1) is 10.2 Å². The van der Waals surface area contributed by atoms with Gasteiger partial charge >= 0.3 is 0 Å². The molecule has 1 N–H and O–H groups in total. The maximum absolute atomic E-state index is 13.6. The van der Waals surface area contributed by atoms with Gasteiger partial charge in [-0.2, -0.15) is 0 Å². The molecule has 15 heteroatoms. The van der Waals surface area contributed by atoms with Crippen molar-refractivity contribution in [1.29, 1.82) is 0 Å². The Morgan fingerprint density at radius 2 is 1.92 bits per heavy atom. The second kappa shape index (κ2) is 11.4. The summed E-state index contributed by atoms with van der Waals surface area (Å²) in [6.45, 7) is 7.77. The number of rotatable bonds is 10. The summed E-state index contributed by atoms with van der Waals surface area (Å²) in [6.07, 6.45) is 3.02. The lowest BCUT2D eigenvalue weighted by molar-refractivity contribution is 0.00154. The molecular weight excluding hydrogens is 545 g/mol. The summed E-state index contributed by atoms with van der Waals surface area (Å²) in [5.74, 6) is 0.888. The molecule has 4 heterocycles. The Kier molecular flexibility index (Phi) is 8.49. The maximum atomic E-state index is 13.6. The monoisotopic (exact) mass is 571 g/mol. The van der Waals surface area contributed by atoms with E-state index in [0.29, 0.717) is 28.8 Å². The highest BCUT2D eigenvalue weighted by molar-refractivity contribution is 7.93. The molecule has 0 fully saturated rings. The van der Waals surface area contributed by atoms with E-state index in [9.17, 15) is 8.42 Å². The Morgan fingerprint density at radius 3 is 2.59 bits per heavy atom. The molecular formula is C22H27Cl2N7O5S. The Bertz CT molecular complexity index is 1340. The highest BCUT2D eigenvalue weighted by atomic mass is 35.5. The summed E-state index contributed by atoms with van der Waals surface area (Å²) in [6, 6.07) is 1.22. The van der Waals surface area contributed by atoms with E-state index in [1.807, 2.05) is 6.92 Å². The Balaban J connectivity index is 1.72. The van der Waals surface area contributed by atoms with Gasteiger partial charge in [0, 0.05) is 25.2 Å². The highest BCUT2D eigenvalue weighted by Gasteiger charge is 2.37. The van der Waals surface area contributed by atoms with Crippen LogP contribution < -0.4 is 9.46 Å². The fourth-order valence-electron chi connectivity index (χ4n) is 3.78. The quantitative estimate of drug-likeness (QED) is 0.357. The van der Waals surface area contributed by atoms with E-state index in [2.05, 4.69) is 29.9 Å². The minimum atomic E-state index is -4.09. The largest absolute Gasteiger partial charge is 0.487 e. The van der Waals surface area contributed by atoms with E-state index in [-0.39, 0.29) is 36.2 Å². The van der Waals surface area contributed by atoms with E-state index < -0.39 is 27.4 Å². The Hall–Kier alpha value is -2.58. The van der Waals surface area contributed by atoms with Gasteiger partial charge in [0.05, 0.1) is 29.3 Å². The number of fused-ring (bicyclic) bond motifs is 3. The molecule has 3 aromatic heterocycles. The van der Waals surface area contributed by atoms with E-state index in [4.69, 9.17) is 37.4 Å². The number of ether oxygens (including phenoxy) is 3. The van der Waals surface area contributed by atoms with Crippen LogP contribution in [0, 0.1) is 0 Å². The summed E-state index contributed by atoms with van der Waals surface area (Å²) >= 11 is 12.2. The summed E-state index contributed by atoms with van der Waals surface area (Å²) in [4.78, 5) is 12.4. The topological polar surface area (TPSA) is 143 Å². The van der Waals surface area contributed by atoms with Gasteiger partial charge in [0.1, 0.15) is 18.0 Å². The van der Waals surface area contributed by atoms with Crippen LogP contribution in [0.25, 0.3) is 11.4 Å². The fourth-order valence-corrected chi connectivity index (χ4v) is 5.19. The normalized spacial score (nSPS) is 16.9. The van der Waals surface area contributed by atoms with Gasteiger partial charge in [-0.05, 0) is 33.8 Å². The van der Waals surface area contributed by atoms with Gasteiger partial charge in [-0.3, -0.25) is 9.29 Å². The van der Waals surface area contributed by atoms with Gasteiger partial charge in [0.25, 0.3) is 0 Å². The van der Waals surface area contributed by atoms with Crippen LogP contribution in [0.15, 0.2) is 24.7 Å². The van der Waals surface area contributed by atoms with Gasteiger partial charge in [0.15, 0.2) is 22.6 Å². The number of halogens is 2.